The molecule has 0 amide bonds. The fourth-order valence-electron chi connectivity index (χ4n) is 1.76. The molecule has 0 heteroatoms. The fourth-order valence-corrected chi connectivity index (χ4v) is 1.76. The molecule has 0 saturated carbocycles. The minimum absolute atomic E-state index is 0.207. The molecule has 0 bridgehead atoms. The molecular formula is C17H24. The van der Waals surface area contributed by atoms with Crippen molar-refractivity contribution < 1.29 is 0 Å². The van der Waals surface area contributed by atoms with Crippen LogP contribution in [0.1, 0.15) is 45.2 Å². The van der Waals surface area contributed by atoms with E-state index in [0.29, 0.717) is 0 Å². The van der Waals surface area contributed by atoms with Crippen LogP contribution < -0.4 is 0 Å². The van der Waals surface area contributed by atoms with Gasteiger partial charge in [-0.15, -0.1) is 0 Å². The van der Waals surface area contributed by atoms with Crippen molar-refractivity contribution in [3.63, 3.8) is 0 Å². The Hall–Kier alpha value is -1.30. The number of rotatable bonds is 4. The molecule has 0 heterocycles. The zero-order valence-electron chi connectivity index (χ0n) is 11.7. The molecule has 0 aliphatic heterocycles. The number of hydrogen-bond acceptors (Lipinski definition) is 0. The molecule has 0 radical (unpaired) electrons. The van der Waals surface area contributed by atoms with E-state index >= 15 is 0 Å². The third-order valence-electron chi connectivity index (χ3n) is 3.30. The molecule has 0 aromatic heterocycles. The topological polar surface area (TPSA) is 0 Å². The predicted octanol–water partition coefficient (Wildman–Crippen LogP) is 5.19. The quantitative estimate of drug-likeness (QED) is 0.622. The Bertz CT molecular complexity index is 402. The van der Waals surface area contributed by atoms with E-state index in [1.54, 1.807) is 0 Å². The van der Waals surface area contributed by atoms with Gasteiger partial charge in [-0.1, -0.05) is 67.5 Å². The van der Waals surface area contributed by atoms with Crippen molar-refractivity contribution in [1.29, 1.82) is 0 Å². The van der Waals surface area contributed by atoms with E-state index in [1.165, 1.54) is 16.7 Å². The molecule has 0 fully saturated rings. The van der Waals surface area contributed by atoms with Crippen molar-refractivity contribution in [2.24, 2.45) is 0 Å². The van der Waals surface area contributed by atoms with Gasteiger partial charge in [-0.25, -0.2) is 0 Å². The molecule has 0 unspecified atom stereocenters. The molecule has 0 saturated heterocycles. The summed E-state index contributed by atoms with van der Waals surface area (Å²) in [5, 5.41) is 0. The van der Waals surface area contributed by atoms with Gasteiger partial charge in [0.25, 0.3) is 0 Å². The summed E-state index contributed by atoms with van der Waals surface area (Å²) in [5.41, 5.74) is 4.26. The first-order valence-electron chi connectivity index (χ1n) is 6.32. The van der Waals surface area contributed by atoms with Crippen LogP contribution in [-0.2, 0) is 5.41 Å². The SMILES string of the molecule is C/C=C(C)\C=C/CC(C)(C)c1ccc(C)cc1. The Morgan fingerprint density at radius 2 is 1.76 bits per heavy atom. The van der Waals surface area contributed by atoms with Gasteiger partial charge in [-0.3, -0.25) is 0 Å². The van der Waals surface area contributed by atoms with Crippen LogP contribution in [-0.4, -0.2) is 0 Å². The van der Waals surface area contributed by atoms with Crippen LogP contribution in [0.5, 0.6) is 0 Å². The highest BCUT2D eigenvalue weighted by Gasteiger charge is 2.18. The van der Waals surface area contributed by atoms with Gasteiger partial charge in [0.05, 0.1) is 0 Å². The van der Waals surface area contributed by atoms with Gasteiger partial charge < -0.3 is 0 Å². The third kappa shape index (κ3) is 4.22. The highest BCUT2D eigenvalue weighted by Crippen LogP contribution is 2.27. The highest BCUT2D eigenvalue weighted by atomic mass is 14.2. The standard InChI is InChI=1S/C17H24/c1-6-14(2)8-7-13-17(4,5)16-11-9-15(3)10-12-16/h6-12H,13H2,1-5H3/b8-7-,14-6-. The Balaban J connectivity index is 2.75. The average Bonchev–Trinajstić information content (AvgIpc) is 2.29. The predicted molar refractivity (Wildman–Crippen MR) is 77.4 cm³/mol. The Morgan fingerprint density at radius 1 is 1.18 bits per heavy atom. The third-order valence-corrected chi connectivity index (χ3v) is 3.30. The molecule has 17 heavy (non-hydrogen) atoms. The molecule has 92 valence electrons. The summed E-state index contributed by atoms with van der Waals surface area (Å²) in [7, 11) is 0. The molecule has 0 nitrogen and oxygen atoms in total. The Morgan fingerprint density at radius 3 is 2.29 bits per heavy atom. The van der Waals surface area contributed by atoms with E-state index in [0.717, 1.165) is 6.42 Å². The van der Waals surface area contributed by atoms with Crippen LogP contribution >= 0.6 is 0 Å². The van der Waals surface area contributed by atoms with Crippen LogP contribution in [0.25, 0.3) is 0 Å². The summed E-state index contributed by atoms with van der Waals surface area (Å²) in [6.45, 7) is 10.9. The van der Waals surface area contributed by atoms with Crippen molar-refractivity contribution in [3.05, 3.63) is 59.2 Å². The maximum atomic E-state index is 2.30. The summed E-state index contributed by atoms with van der Waals surface area (Å²) < 4.78 is 0. The van der Waals surface area contributed by atoms with Crippen molar-refractivity contribution in [3.8, 4) is 0 Å². The van der Waals surface area contributed by atoms with Gasteiger partial charge in [0.15, 0.2) is 0 Å². The average molecular weight is 228 g/mol. The largest absolute Gasteiger partial charge is 0.0847 e. The Kier molecular flexibility index (Phi) is 4.74. The molecule has 0 aliphatic rings. The van der Waals surface area contributed by atoms with E-state index in [-0.39, 0.29) is 5.41 Å². The second-order valence-electron chi connectivity index (χ2n) is 5.39. The monoisotopic (exact) mass is 228 g/mol. The van der Waals surface area contributed by atoms with Gasteiger partial charge >= 0.3 is 0 Å². The first kappa shape index (κ1) is 13.8. The summed E-state index contributed by atoms with van der Waals surface area (Å²) in [6, 6.07) is 8.87. The maximum Gasteiger partial charge on any atom is -0.00690 e. The van der Waals surface area contributed by atoms with Crippen LogP contribution in [0.4, 0.5) is 0 Å². The zero-order chi connectivity index (χ0) is 12.9. The van der Waals surface area contributed by atoms with Crippen LogP contribution in [0, 0.1) is 6.92 Å². The van der Waals surface area contributed by atoms with Crippen molar-refractivity contribution in [2.45, 2.75) is 46.5 Å². The molecule has 1 aromatic carbocycles. The fraction of sp³-hybridized carbons (Fsp3) is 0.412. The lowest BCUT2D eigenvalue weighted by molar-refractivity contribution is 0.534. The first-order valence-corrected chi connectivity index (χ1v) is 6.32. The summed E-state index contributed by atoms with van der Waals surface area (Å²) in [6.07, 6.45) is 7.68. The zero-order valence-corrected chi connectivity index (χ0v) is 11.7. The van der Waals surface area contributed by atoms with Crippen molar-refractivity contribution in [1.82, 2.24) is 0 Å². The highest BCUT2D eigenvalue weighted by molar-refractivity contribution is 5.28. The van der Waals surface area contributed by atoms with Crippen LogP contribution in [0.3, 0.4) is 0 Å². The molecular weight excluding hydrogens is 204 g/mol. The van der Waals surface area contributed by atoms with Gasteiger partial charge in [-0.05, 0) is 38.2 Å². The van der Waals surface area contributed by atoms with E-state index in [1.807, 2.05) is 0 Å². The van der Waals surface area contributed by atoms with E-state index in [4.69, 9.17) is 0 Å². The molecule has 0 spiro atoms. The van der Waals surface area contributed by atoms with Crippen LogP contribution in [0.2, 0.25) is 0 Å². The van der Waals surface area contributed by atoms with E-state index in [2.05, 4.69) is 77.1 Å². The van der Waals surface area contributed by atoms with Crippen molar-refractivity contribution >= 4 is 0 Å². The molecule has 0 N–H and O–H groups in total. The second kappa shape index (κ2) is 5.86. The van der Waals surface area contributed by atoms with Crippen LogP contribution in [0.15, 0.2) is 48.1 Å². The number of benzene rings is 1. The normalized spacial score (nSPS) is 13.4. The van der Waals surface area contributed by atoms with Gasteiger partial charge in [-0.2, -0.15) is 0 Å². The summed E-state index contributed by atoms with van der Waals surface area (Å²) in [5.74, 6) is 0. The maximum absolute atomic E-state index is 2.30. The van der Waals surface area contributed by atoms with Gasteiger partial charge in [0.1, 0.15) is 0 Å². The first-order chi connectivity index (χ1) is 7.95. The lowest BCUT2D eigenvalue weighted by Gasteiger charge is -2.23. The minimum Gasteiger partial charge on any atom is -0.0847 e. The van der Waals surface area contributed by atoms with E-state index < -0.39 is 0 Å². The van der Waals surface area contributed by atoms with E-state index in [9.17, 15) is 0 Å². The molecule has 0 atom stereocenters. The van der Waals surface area contributed by atoms with Crippen molar-refractivity contribution in [2.75, 3.05) is 0 Å². The summed E-state index contributed by atoms with van der Waals surface area (Å²) >= 11 is 0. The lowest BCUT2D eigenvalue weighted by Crippen LogP contribution is -2.15. The lowest BCUT2D eigenvalue weighted by atomic mass is 9.81. The summed E-state index contributed by atoms with van der Waals surface area (Å²) in [4.78, 5) is 0. The number of allylic oxidation sites excluding steroid dienone is 4. The minimum atomic E-state index is 0.207. The molecule has 1 rings (SSSR count). The van der Waals surface area contributed by atoms with Gasteiger partial charge in [0, 0.05) is 0 Å². The molecule has 1 aromatic rings. The smallest absolute Gasteiger partial charge is 0.00690 e. The van der Waals surface area contributed by atoms with Gasteiger partial charge in [0.2, 0.25) is 0 Å². The molecule has 0 aliphatic carbocycles. The Labute approximate surface area is 106 Å². The second-order valence-corrected chi connectivity index (χ2v) is 5.39. The number of aryl methyl sites for hydroxylation is 1. The number of hydrogen-bond donors (Lipinski definition) is 0.